The first-order valence-corrected chi connectivity index (χ1v) is 9.46. The molecular formula is C22H32N2O2. The third-order valence-electron chi connectivity index (χ3n) is 3.67. The summed E-state index contributed by atoms with van der Waals surface area (Å²) in [6, 6.07) is 16.4. The summed E-state index contributed by atoms with van der Waals surface area (Å²) in [7, 11) is 0. The van der Waals surface area contributed by atoms with E-state index >= 15 is 0 Å². The molecule has 0 unspecified atom stereocenters. The van der Waals surface area contributed by atoms with E-state index in [1.807, 2.05) is 38.1 Å². The normalized spacial score (nSPS) is 11.0. The molecule has 0 aliphatic heterocycles. The van der Waals surface area contributed by atoms with Crippen LogP contribution < -0.4 is 20.1 Å². The fourth-order valence-corrected chi connectivity index (χ4v) is 2.44. The Morgan fingerprint density at radius 1 is 0.885 bits per heavy atom. The second-order valence-electron chi connectivity index (χ2n) is 7.15. The third-order valence-corrected chi connectivity index (χ3v) is 3.67. The van der Waals surface area contributed by atoms with Crippen LogP contribution in [0.15, 0.2) is 48.5 Å². The quantitative estimate of drug-likeness (QED) is 0.572. The Morgan fingerprint density at radius 3 is 2.35 bits per heavy atom. The van der Waals surface area contributed by atoms with Crippen molar-refractivity contribution in [2.24, 2.45) is 5.92 Å². The van der Waals surface area contributed by atoms with Crippen molar-refractivity contribution in [3.05, 3.63) is 54.1 Å². The minimum absolute atomic E-state index is 0.208. The van der Waals surface area contributed by atoms with E-state index in [-0.39, 0.29) is 6.10 Å². The second-order valence-corrected chi connectivity index (χ2v) is 7.15. The largest absolute Gasteiger partial charge is 0.493 e. The molecule has 4 nitrogen and oxygen atoms in total. The smallest absolute Gasteiger partial charge is 0.121 e. The maximum Gasteiger partial charge on any atom is 0.121 e. The van der Waals surface area contributed by atoms with Crippen LogP contribution in [0.1, 0.15) is 33.3 Å². The molecule has 0 amide bonds. The summed E-state index contributed by atoms with van der Waals surface area (Å²) in [6.07, 6.45) is 0.208. The van der Waals surface area contributed by atoms with Gasteiger partial charge in [-0.15, -0.1) is 0 Å². The van der Waals surface area contributed by atoms with Gasteiger partial charge in [-0.25, -0.2) is 0 Å². The Hall–Kier alpha value is -2.20. The van der Waals surface area contributed by atoms with Crippen LogP contribution in [0.25, 0.3) is 0 Å². The van der Waals surface area contributed by atoms with Gasteiger partial charge >= 0.3 is 0 Å². The highest BCUT2D eigenvalue weighted by Gasteiger charge is 2.00. The highest BCUT2D eigenvalue weighted by molar-refractivity contribution is 5.48. The lowest BCUT2D eigenvalue weighted by molar-refractivity contribution is 0.242. The highest BCUT2D eigenvalue weighted by Crippen LogP contribution is 2.18. The van der Waals surface area contributed by atoms with E-state index in [0.29, 0.717) is 5.92 Å². The Labute approximate surface area is 157 Å². The molecule has 26 heavy (non-hydrogen) atoms. The van der Waals surface area contributed by atoms with Gasteiger partial charge < -0.3 is 20.1 Å². The summed E-state index contributed by atoms with van der Waals surface area (Å²) in [5.74, 6) is 2.37. The van der Waals surface area contributed by atoms with Crippen LogP contribution in [0.2, 0.25) is 0 Å². The Balaban J connectivity index is 1.66. The van der Waals surface area contributed by atoms with Crippen LogP contribution in [0, 0.1) is 5.92 Å². The highest BCUT2D eigenvalue weighted by atomic mass is 16.5. The summed E-state index contributed by atoms with van der Waals surface area (Å²) in [6.45, 7) is 11.7. The molecule has 142 valence electrons. The van der Waals surface area contributed by atoms with Crippen molar-refractivity contribution in [1.29, 1.82) is 0 Å². The molecule has 0 heterocycles. The average molecular weight is 357 g/mol. The molecule has 0 radical (unpaired) electrons. The lowest BCUT2D eigenvalue weighted by Crippen LogP contribution is -2.21. The molecule has 2 rings (SSSR count). The van der Waals surface area contributed by atoms with Crippen molar-refractivity contribution in [1.82, 2.24) is 5.32 Å². The maximum absolute atomic E-state index is 5.76. The zero-order valence-electron chi connectivity index (χ0n) is 16.4. The van der Waals surface area contributed by atoms with Gasteiger partial charge in [-0.3, -0.25) is 0 Å². The summed E-state index contributed by atoms with van der Waals surface area (Å²) < 4.78 is 11.4. The lowest BCUT2D eigenvalue weighted by atomic mass is 10.2. The van der Waals surface area contributed by atoms with Crippen molar-refractivity contribution in [3.63, 3.8) is 0 Å². The van der Waals surface area contributed by atoms with Crippen LogP contribution in [-0.2, 0) is 6.54 Å². The molecule has 0 bridgehead atoms. The maximum atomic E-state index is 5.76. The van der Waals surface area contributed by atoms with Gasteiger partial charge in [-0.1, -0.05) is 32.0 Å². The number of rotatable bonds is 11. The average Bonchev–Trinajstić information content (AvgIpc) is 2.61. The molecular weight excluding hydrogens is 324 g/mol. The van der Waals surface area contributed by atoms with Gasteiger partial charge in [0.25, 0.3) is 0 Å². The predicted octanol–water partition coefficient (Wildman–Crippen LogP) is 4.71. The van der Waals surface area contributed by atoms with Crippen molar-refractivity contribution in [2.75, 3.05) is 25.0 Å². The molecule has 0 aliphatic carbocycles. The molecule has 0 saturated heterocycles. The zero-order chi connectivity index (χ0) is 18.8. The number of ether oxygens (including phenoxy) is 2. The SMILES string of the molecule is CC(C)COc1cccc(NCCNCc2ccc(OC(C)C)cc2)c1. The zero-order valence-corrected chi connectivity index (χ0v) is 16.4. The number of hydrogen-bond donors (Lipinski definition) is 2. The molecule has 0 atom stereocenters. The number of benzene rings is 2. The van der Waals surface area contributed by atoms with Crippen LogP contribution >= 0.6 is 0 Å². The number of hydrogen-bond acceptors (Lipinski definition) is 4. The molecule has 4 heteroatoms. The van der Waals surface area contributed by atoms with Gasteiger partial charge in [0.05, 0.1) is 12.7 Å². The van der Waals surface area contributed by atoms with Gasteiger partial charge in [-0.05, 0) is 49.6 Å². The lowest BCUT2D eigenvalue weighted by Gasteiger charge is -2.12. The fourth-order valence-electron chi connectivity index (χ4n) is 2.44. The topological polar surface area (TPSA) is 42.5 Å². The predicted molar refractivity (Wildman–Crippen MR) is 109 cm³/mol. The van der Waals surface area contributed by atoms with E-state index in [0.717, 1.165) is 43.4 Å². The monoisotopic (exact) mass is 356 g/mol. The van der Waals surface area contributed by atoms with Crippen molar-refractivity contribution in [2.45, 2.75) is 40.3 Å². The van der Waals surface area contributed by atoms with E-state index in [2.05, 4.69) is 48.7 Å². The fraction of sp³-hybridized carbons (Fsp3) is 0.455. The van der Waals surface area contributed by atoms with E-state index in [9.17, 15) is 0 Å². The summed E-state index contributed by atoms with van der Waals surface area (Å²) in [5.41, 5.74) is 2.34. The molecule has 0 aliphatic rings. The molecule has 0 aromatic heterocycles. The minimum atomic E-state index is 0.208. The minimum Gasteiger partial charge on any atom is -0.493 e. The van der Waals surface area contributed by atoms with Crippen molar-refractivity contribution < 1.29 is 9.47 Å². The molecule has 2 aromatic carbocycles. The summed E-state index contributed by atoms with van der Waals surface area (Å²) >= 11 is 0. The Kier molecular flexibility index (Phi) is 8.29. The molecule has 0 fully saturated rings. The van der Waals surface area contributed by atoms with Gasteiger partial charge in [0.1, 0.15) is 11.5 Å². The van der Waals surface area contributed by atoms with Crippen LogP contribution in [0.5, 0.6) is 11.5 Å². The van der Waals surface area contributed by atoms with Crippen LogP contribution in [0.3, 0.4) is 0 Å². The van der Waals surface area contributed by atoms with Crippen LogP contribution in [-0.4, -0.2) is 25.8 Å². The summed E-state index contributed by atoms with van der Waals surface area (Å²) in [5, 5.41) is 6.88. The Morgan fingerprint density at radius 2 is 1.65 bits per heavy atom. The second kappa shape index (κ2) is 10.7. The van der Waals surface area contributed by atoms with Crippen molar-refractivity contribution >= 4 is 5.69 Å². The first-order chi connectivity index (χ1) is 12.5. The molecule has 2 aromatic rings. The molecule has 2 N–H and O–H groups in total. The summed E-state index contributed by atoms with van der Waals surface area (Å²) in [4.78, 5) is 0. The Bertz CT molecular complexity index is 639. The number of anilines is 1. The molecule has 0 saturated carbocycles. The van der Waals surface area contributed by atoms with Crippen LogP contribution in [0.4, 0.5) is 5.69 Å². The van der Waals surface area contributed by atoms with E-state index in [1.54, 1.807) is 0 Å². The standard InChI is InChI=1S/C22H32N2O2/c1-17(2)16-25-22-7-5-6-20(14-22)24-13-12-23-15-19-8-10-21(11-9-19)26-18(3)4/h5-11,14,17-18,23-24H,12-13,15-16H2,1-4H3. The molecule has 0 spiro atoms. The van der Waals surface area contributed by atoms with E-state index in [4.69, 9.17) is 9.47 Å². The first kappa shape index (κ1) is 20.1. The third kappa shape index (κ3) is 7.79. The van der Waals surface area contributed by atoms with Gasteiger partial charge in [0.15, 0.2) is 0 Å². The number of nitrogens with one attached hydrogen (secondary N) is 2. The van der Waals surface area contributed by atoms with Crippen molar-refractivity contribution in [3.8, 4) is 11.5 Å². The first-order valence-electron chi connectivity index (χ1n) is 9.46. The van der Waals surface area contributed by atoms with Gasteiger partial charge in [0, 0.05) is 31.4 Å². The van der Waals surface area contributed by atoms with E-state index < -0.39 is 0 Å². The van der Waals surface area contributed by atoms with E-state index in [1.165, 1.54) is 5.56 Å². The van der Waals surface area contributed by atoms with Gasteiger partial charge in [0.2, 0.25) is 0 Å². The van der Waals surface area contributed by atoms with Gasteiger partial charge in [-0.2, -0.15) is 0 Å².